The lowest BCUT2D eigenvalue weighted by Crippen LogP contribution is -2.58. The Morgan fingerprint density at radius 1 is 1.24 bits per heavy atom. The molecule has 1 aromatic carbocycles. The van der Waals surface area contributed by atoms with Crippen LogP contribution in [-0.4, -0.2) is 46.0 Å². The first-order valence-electron chi connectivity index (χ1n) is 8.62. The quantitative estimate of drug-likeness (QED) is 0.880. The molecule has 0 radical (unpaired) electrons. The number of H-pyrrole nitrogens is 1. The summed E-state index contributed by atoms with van der Waals surface area (Å²) >= 11 is 5.96. The maximum Gasteiger partial charge on any atom is 0.267 e. The zero-order chi connectivity index (χ0) is 17.3. The smallest absolute Gasteiger partial charge is 0.267 e. The number of benzene rings is 1. The molecule has 7 heteroatoms. The van der Waals surface area contributed by atoms with E-state index in [1.54, 1.807) is 18.5 Å². The average molecular weight is 361 g/mol. The summed E-state index contributed by atoms with van der Waals surface area (Å²) in [5.74, 6) is 0.739. The van der Waals surface area contributed by atoms with E-state index in [-0.39, 0.29) is 5.91 Å². The summed E-state index contributed by atoms with van der Waals surface area (Å²) in [6, 6.07) is 7.22. The van der Waals surface area contributed by atoms with Crippen LogP contribution < -0.4 is 10.1 Å². The Labute approximate surface area is 151 Å². The minimum atomic E-state index is -0.823. The second kappa shape index (κ2) is 6.69. The maximum atomic E-state index is 13.4. The molecule has 25 heavy (non-hydrogen) atoms. The number of hydrogen-bond acceptors (Lipinski definition) is 4. The number of rotatable bonds is 3. The molecular weight excluding hydrogens is 340 g/mol. The zero-order valence-corrected chi connectivity index (χ0v) is 14.7. The molecule has 0 bridgehead atoms. The number of ether oxygens (including phenoxy) is 1. The van der Waals surface area contributed by atoms with Crippen molar-refractivity contribution >= 4 is 17.5 Å². The third-order valence-corrected chi connectivity index (χ3v) is 5.24. The van der Waals surface area contributed by atoms with Gasteiger partial charge in [-0.2, -0.15) is 0 Å². The van der Waals surface area contributed by atoms with Crippen LogP contribution in [0.25, 0.3) is 0 Å². The van der Waals surface area contributed by atoms with Crippen LogP contribution in [0.15, 0.2) is 30.6 Å². The van der Waals surface area contributed by atoms with E-state index in [0.717, 1.165) is 30.9 Å². The van der Waals surface area contributed by atoms with Gasteiger partial charge in [-0.15, -0.1) is 0 Å². The van der Waals surface area contributed by atoms with E-state index >= 15 is 0 Å². The summed E-state index contributed by atoms with van der Waals surface area (Å²) in [6.07, 6.45) is 3.78. The van der Waals surface area contributed by atoms with Crippen LogP contribution in [0.5, 0.6) is 5.75 Å². The molecule has 132 valence electrons. The van der Waals surface area contributed by atoms with Crippen LogP contribution in [0.1, 0.15) is 24.2 Å². The second-order valence-electron chi connectivity index (χ2n) is 6.60. The predicted octanol–water partition coefficient (Wildman–Crippen LogP) is 2.15. The Bertz CT molecular complexity index is 753. The molecule has 6 nitrogen and oxygen atoms in total. The molecular formula is C18H21ClN4O2. The molecule has 3 heterocycles. The van der Waals surface area contributed by atoms with Crippen LogP contribution in [0.3, 0.4) is 0 Å². The highest BCUT2D eigenvalue weighted by molar-refractivity contribution is 6.30. The van der Waals surface area contributed by atoms with E-state index in [1.165, 1.54) is 0 Å². The fourth-order valence-corrected chi connectivity index (χ4v) is 3.72. The topological polar surface area (TPSA) is 70.2 Å². The van der Waals surface area contributed by atoms with E-state index in [4.69, 9.17) is 16.3 Å². The number of hydrogen-bond donors (Lipinski definition) is 2. The van der Waals surface area contributed by atoms with Crippen molar-refractivity contribution in [3.8, 4) is 5.75 Å². The van der Waals surface area contributed by atoms with Crippen molar-refractivity contribution in [1.29, 1.82) is 0 Å². The molecule has 4 rings (SSSR count). The second-order valence-corrected chi connectivity index (χ2v) is 7.04. The molecule has 1 aromatic heterocycles. The van der Waals surface area contributed by atoms with Crippen LogP contribution in [-0.2, 0) is 17.8 Å². The number of fused-ring (bicyclic) bond motifs is 1. The van der Waals surface area contributed by atoms with Gasteiger partial charge in [0.15, 0.2) is 5.60 Å². The lowest BCUT2D eigenvalue weighted by atomic mass is 9.89. The van der Waals surface area contributed by atoms with Gasteiger partial charge in [0, 0.05) is 30.8 Å². The number of amides is 1. The molecule has 2 aliphatic rings. The average Bonchev–Trinajstić information content (AvgIpc) is 3.11. The number of halogens is 1. The highest BCUT2D eigenvalue weighted by Gasteiger charge is 2.45. The van der Waals surface area contributed by atoms with E-state index in [0.29, 0.717) is 36.7 Å². The van der Waals surface area contributed by atoms with Gasteiger partial charge in [0.05, 0.1) is 24.3 Å². The molecule has 0 aliphatic carbocycles. The molecule has 0 unspecified atom stereocenters. The van der Waals surface area contributed by atoms with Crippen LogP contribution in [0.2, 0.25) is 5.02 Å². The molecule has 0 saturated carbocycles. The monoisotopic (exact) mass is 360 g/mol. The van der Waals surface area contributed by atoms with Gasteiger partial charge in [0.2, 0.25) is 0 Å². The zero-order valence-electron chi connectivity index (χ0n) is 13.9. The Morgan fingerprint density at radius 2 is 2.00 bits per heavy atom. The van der Waals surface area contributed by atoms with Gasteiger partial charge in [0.1, 0.15) is 5.75 Å². The molecule has 2 aliphatic heterocycles. The molecule has 0 spiro atoms. The number of carbonyl (C=O) groups is 1. The Hall–Kier alpha value is -2.05. The number of carbonyl (C=O) groups excluding carboxylic acids is 1. The summed E-state index contributed by atoms with van der Waals surface area (Å²) in [5, 5.41) is 3.97. The minimum Gasteiger partial charge on any atom is -0.477 e. The molecule has 2 aromatic rings. The van der Waals surface area contributed by atoms with Gasteiger partial charge in [-0.1, -0.05) is 11.6 Å². The standard InChI is InChI=1S/C18H21ClN4O2/c19-13-1-3-14(4-2-13)25-18(6-8-20-9-7-18)17(24)23-10-5-15-16(11-23)22-12-21-15/h1-4,12,20H,5-11H2,(H,21,22). The summed E-state index contributed by atoms with van der Waals surface area (Å²) < 4.78 is 6.27. The first-order valence-corrected chi connectivity index (χ1v) is 9.00. The van der Waals surface area contributed by atoms with Crippen LogP contribution in [0, 0.1) is 0 Å². The van der Waals surface area contributed by atoms with E-state index in [1.807, 2.05) is 17.0 Å². The lowest BCUT2D eigenvalue weighted by molar-refractivity contribution is -0.151. The van der Waals surface area contributed by atoms with Gasteiger partial charge in [-0.25, -0.2) is 4.98 Å². The van der Waals surface area contributed by atoms with Crippen LogP contribution in [0.4, 0.5) is 0 Å². The SMILES string of the molecule is O=C(N1CCc2nc[nH]c2C1)C1(Oc2ccc(Cl)cc2)CCNCC1. The van der Waals surface area contributed by atoms with Gasteiger partial charge in [-0.3, -0.25) is 4.79 Å². The van der Waals surface area contributed by atoms with Gasteiger partial charge in [-0.05, 0) is 37.4 Å². The number of aromatic amines is 1. The summed E-state index contributed by atoms with van der Waals surface area (Å²) in [6.45, 7) is 2.77. The third kappa shape index (κ3) is 3.24. The first kappa shape index (κ1) is 16.4. The number of nitrogens with one attached hydrogen (secondary N) is 2. The van der Waals surface area contributed by atoms with Crippen molar-refractivity contribution in [3.63, 3.8) is 0 Å². The Kier molecular flexibility index (Phi) is 4.39. The molecule has 1 saturated heterocycles. The lowest BCUT2D eigenvalue weighted by Gasteiger charge is -2.40. The van der Waals surface area contributed by atoms with Crippen molar-refractivity contribution in [3.05, 3.63) is 47.0 Å². The third-order valence-electron chi connectivity index (χ3n) is 4.99. The van der Waals surface area contributed by atoms with Crippen molar-refractivity contribution in [2.24, 2.45) is 0 Å². The highest BCUT2D eigenvalue weighted by atomic mass is 35.5. The fourth-order valence-electron chi connectivity index (χ4n) is 3.59. The van der Waals surface area contributed by atoms with E-state index in [2.05, 4.69) is 15.3 Å². The summed E-state index contributed by atoms with van der Waals surface area (Å²) in [4.78, 5) is 22.7. The minimum absolute atomic E-state index is 0.0594. The van der Waals surface area contributed by atoms with Gasteiger partial charge >= 0.3 is 0 Å². The molecule has 2 N–H and O–H groups in total. The first-order chi connectivity index (χ1) is 12.2. The normalized spacial score (nSPS) is 19.3. The number of aromatic nitrogens is 2. The van der Waals surface area contributed by atoms with E-state index < -0.39 is 5.60 Å². The summed E-state index contributed by atoms with van der Waals surface area (Å²) in [7, 11) is 0. The van der Waals surface area contributed by atoms with Crippen molar-refractivity contribution in [2.75, 3.05) is 19.6 Å². The summed E-state index contributed by atoms with van der Waals surface area (Å²) in [5.41, 5.74) is 1.26. The van der Waals surface area contributed by atoms with Gasteiger partial charge < -0.3 is 19.9 Å². The molecule has 0 atom stereocenters. The molecule has 1 fully saturated rings. The predicted molar refractivity (Wildman–Crippen MR) is 94.6 cm³/mol. The number of nitrogens with zero attached hydrogens (tertiary/aromatic N) is 2. The highest BCUT2D eigenvalue weighted by Crippen LogP contribution is 2.31. The van der Waals surface area contributed by atoms with Crippen molar-refractivity contribution < 1.29 is 9.53 Å². The van der Waals surface area contributed by atoms with Gasteiger partial charge in [0.25, 0.3) is 5.91 Å². The number of piperidine rings is 1. The Balaban J connectivity index is 1.57. The maximum absolute atomic E-state index is 13.4. The number of imidazole rings is 1. The van der Waals surface area contributed by atoms with Crippen LogP contribution >= 0.6 is 11.6 Å². The van der Waals surface area contributed by atoms with Crippen molar-refractivity contribution in [1.82, 2.24) is 20.2 Å². The largest absolute Gasteiger partial charge is 0.477 e. The van der Waals surface area contributed by atoms with Crippen molar-refractivity contribution in [2.45, 2.75) is 31.4 Å². The van der Waals surface area contributed by atoms with E-state index in [9.17, 15) is 4.79 Å². The Morgan fingerprint density at radius 3 is 2.76 bits per heavy atom. The fraction of sp³-hybridized carbons (Fsp3) is 0.444. The molecule has 1 amide bonds.